The zero-order chi connectivity index (χ0) is 30.3. The summed E-state index contributed by atoms with van der Waals surface area (Å²) in [7, 11) is -4.25. The molecule has 1 atom stereocenters. The number of hydrogen-bond acceptors (Lipinski definition) is 4. The van der Waals surface area contributed by atoms with Crippen LogP contribution in [0.4, 0.5) is 5.69 Å². The minimum Gasteiger partial charge on any atom is -0.354 e. The SMILES string of the molecule is CC[C@@H](C(=O)NCC(C)C)N(Cc1cccc(C)c1)C(=O)CN(c1cccc(Cl)c1Cl)S(=O)(=O)c1ccc(C)cc1. The van der Waals surface area contributed by atoms with E-state index in [0.29, 0.717) is 13.0 Å². The number of amides is 2. The average molecular weight is 619 g/mol. The highest BCUT2D eigenvalue weighted by Gasteiger charge is 2.34. The minimum absolute atomic E-state index is 0.00102. The van der Waals surface area contributed by atoms with Gasteiger partial charge >= 0.3 is 0 Å². The summed E-state index contributed by atoms with van der Waals surface area (Å²) in [5.41, 5.74) is 2.78. The Bertz CT molecular complexity index is 1480. The van der Waals surface area contributed by atoms with Gasteiger partial charge in [0.25, 0.3) is 10.0 Å². The molecule has 0 radical (unpaired) electrons. The Morgan fingerprint density at radius 2 is 1.59 bits per heavy atom. The predicted molar refractivity (Wildman–Crippen MR) is 166 cm³/mol. The predicted octanol–water partition coefficient (Wildman–Crippen LogP) is 6.39. The number of carbonyl (C=O) groups excluding carboxylic acids is 2. The van der Waals surface area contributed by atoms with Crippen LogP contribution in [-0.4, -0.2) is 44.3 Å². The lowest BCUT2D eigenvalue weighted by atomic mass is 10.1. The number of aryl methyl sites for hydroxylation is 2. The lowest BCUT2D eigenvalue weighted by molar-refractivity contribution is -0.140. The third kappa shape index (κ3) is 8.24. The molecule has 3 aromatic carbocycles. The van der Waals surface area contributed by atoms with Crippen LogP contribution in [0.3, 0.4) is 0 Å². The lowest BCUT2D eigenvalue weighted by Crippen LogP contribution is -2.52. The molecule has 1 N–H and O–H groups in total. The van der Waals surface area contributed by atoms with Crippen LogP contribution in [0.15, 0.2) is 71.6 Å². The molecule has 0 aliphatic heterocycles. The van der Waals surface area contributed by atoms with E-state index in [9.17, 15) is 18.0 Å². The van der Waals surface area contributed by atoms with Crippen LogP contribution >= 0.6 is 23.2 Å². The number of benzene rings is 3. The van der Waals surface area contributed by atoms with Crippen LogP contribution in [0.1, 0.15) is 43.9 Å². The molecule has 0 bridgehead atoms. The van der Waals surface area contributed by atoms with Gasteiger partial charge in [-0.2, -0.15) is 0 Å². The molecule has 0 saturated carbocycles. The first-order valence-electron chi connectivity index (χ1n) is 13.5. The van der Waals surface area contributed by atoms with Crippen molar-refractivity contribution in [3.63, 3.8) is 0 Å². The molecule has 7 nitrogen and oxygen atoms in total. The van der Waals surface area contributed by atoms with E-state index in [4.69, 9.17) is 23.2 Å². The van der Waals surface area contributed by atoms with E-state index in [1.165, 1.54) is 23.1 Å². The molecule has 0 heterocycles. The molecule has 3 aromatic rings. The summed E-state index contributed by atoms with van der Waals surface area (Å²) in [5, 5.41) is 3.08. The number of halogens is 2. The molecule has 10 heteroatoms. The van der Waals surface area contributed by atoms with Gasteiger partial charge in [0, 0.05) is 13.1 Å². The lowest BCUT2D eigenvalue weighted by Gasteiger charge is -2.33. The van der Waals surface area contributed by atoms with Crippen molar-refractivity contribution in [3.05, 3.63) is 93.5 Å². The van der Waals surface area contributed by atoms with E-state index in [1.54, 1.807) is 24.3 Å². The summed E-state index contributed by atoms with van der Waals surface area (Å²) in [4.78, 5) is 28.9. The van der Waals surface area contributed by atoms with Crippen molar-refractivity contribution >= 4 is 50.7 Å². The Labute approximate surface area is 253 Å². The third-order valence-corrected chi connectivity index (χ3v) is 9.18. The molecular formula is C31H37Cl2N3O4S. The Balaban J connectivity index is 2.09. The number of hydrogen-bond donors (Lipinski definition) is 1. The number of rotatable bonds is 12. The fourth-order valence-electron chi connectivity index (χ4n) is 4.39. The molecule has 41 heavy (non-hydrogen) atoms. The number of nitrogens with one attached hydrogen (secondary N) is 1. The average Bonchev–Trinajstić information content (AvgIpc) is 2.92. The number of nitrogens with zero attached hydrogens (tertiary/aromatic N) is 2. The Hall–Kier alpha value is -3.07. The molecule has 2 amide bonds. The second-order valence-electron chi connectivity index (χ2n) is 10.5. The molecule has 3 rings (SSSR count). The van der Waals surface area contributed by atoms with Crippen molar-refractivity contribution < 1.29 is 18.0 Å². The van der Waals surface area contributed by atoms with Gasteiger partial charge in [0.05, 0.1) is 20.6 Å². The molecule has 0 unspecified atom stereocenters. The van der Waals surface area contributed by atoms with E-state index in [-0.39, 0.29) is 39.0 Å². The number of carbonyl (C=O) groups is 2. The fraction of sp³-hybridized carbons (Fsp3) is 0.355. The van der Waals surface area contributed by atoms with Crippen LogP contribution < -0.4 is 9.62 Å². The van der Waals surface area contributed by atoms with E-state index in [1.807, 2.05) is 58.9 Å². The summed E-state index contributed by atoms with van der Waals surface area (Å²) >= 11 is 12.8. The number of sulfonamides is 1. The van der Waals surface area contributed by atoms with Gasteiger partial charge in [-0.25, -0.2) is 8.42 Å². The van der Waals surface area contributed by atoms with Gasteiger partial charge < -0.3 is 10.2 Å². The Kier molecular flexibility index (Phi) is 11.2. The van der Waals surface area contributed by atoms with Crippen molar-refractivity contribution in [1.82, 2.24) is 10.2 Å². The van der Waals surface area contributed by atoms with Crippen molar-refractivity contribution in [2.24, 2.45) is 5.92 Å². The molecule has 0 aromatic heterocycles. The van der Waals surface area contributed by atoms with Gasteiger partial charge in [0.15, 0.2) is 0 Å². The molecular weight excluding hydrogens is 581 g/mol. The Morgan fingerprint density at radius 3 is 2.20 bits per heavy atom. The molecule has 0 aliphatic carbocycles. The van der Waals surface area contributed by atoms with Gasteiger partial charge in [-0.15, -0.1) is 0 Å². The summed E-state index contributed by atoms with van der Waals surface area (Å²) in [6.45, 7) is 9.58. The van der Waals surface area contributed by atoms with Gasteiger partial charge in [-0.3, -0.25) is 13.9 Å². The van der Waals surface area contributed by atoms with Crippen LogP contribution in [-0.2, 0) is 26.2 Å². The number of anilines is 1. The Morgan fingerprint density at radius 1 is 0.927 bits per heavy atom. The zero-order valence-electron chi connectivity index (χ0n) is 24.0. The second kappa shape index (κ2) is 14.2. The van der Waals surface area contributed by atoms with E-state index >= 15 is 0 Å². The second-order valence-corrected chi connectivity index (χ2v) is 13.1. The maximum atomic E-state index is 14.2. The quantitative estimate of drug-likeness (QED) is 0.255. The van der Waals surface area contributed by atoms with Crippen molar-refractivity contribution in [3.8, 4) is 0 Å². The summed E-state index contributed by atoms with van der Waals surface area (Å²) in [6.07, 6.45) is 0.337. The standard InChI is InChI=1S/C31H37Cl2N3O4S/c1-6-27(31(38)34-18-21(2)3)35(19-24-10-7-9-23(5)17-24)29(37)20-36(28-12-8-11-26(32)30(28)33)41(39,40)25-15-13-22(4)14-16-25/h7-17,21,27H,6,18-20H2,1-5H3,(H,34,38)/t27-/m0/s1. The van der Waals surface area contributed by atoms with Gasteiger partial charge in [0.2, 0.25) is 11.8 Å². The van der Waals surface area contributed by atoms with Crippen LogP contribution in [0.5, 0.6) is 0 Å². The summed E-state index contributed by atoms with van der Waals surface area (Å²) in [6, 6.07) is 17.8. The highest BCUT2D eigenvalue weighted by molar-refractivity contribution is 7.92. The van der Waals surface area contributed by atoms with Crippen molar-refractivity contribution in [2.75, 3.05) is 17.4 Å². The first-order chi connectivity index (χ1) is 19.3. The molecule has 0 spiro atoms. The highest BCUT2D eigenvalue weighted by Crippen LogP contribution is 2.35. The summed E-state index contributed by atoms with van der Waals surface area (Å²) in [5.74, 6) is -0.627. The van der Waals surface area contributed by atoms with Gasteiger partial charge in [0.1, 0.15) is 12.6 Å². The van der Waals surface area contributed by atoms with Crippen LogP contribution in [0.25, 0.3) is 0 Å². The topological polar surface area (TPSA) is 86.8 Å². The van der Waals surface area contributed by atoms with E-state index in [2.05, 4.69) is 5.32 Å². The first kappa shape index (κ1) is 32.4. The van der Waals surface area contributed by atoms with Crippen molar-refractivity contribution in [2.45, 2.75) is 58.5 Å². The van der Waals surface area contributed by atoms with Crippen LogP contribution in [0.2, 0.25) is 10.0 Å². The zero-order valence-corrected chi connectivity index (χ0v) is 26.4. The third-order valence-electron chi connectivity index (χ3n) is 6.59. The van der Waals surface area contributed by atoms with Crippen molar-refractivity contribution in [1.29, 1.82) is 0 Å². The maximum absolute atomic E-state index is 14.2. The van der Waals surface area contributed by atoms with Gasteiger partial charge in [-0.1, -0.05) is 97.6 Å². The minimum atomic E-state index is -4.25. The monoisotopic (exact) mass is 617 g/mol. The van der Waals surface area contributed by atoms with Crippen LogP contribution in [0, 0.1) is 19.8 Å². The first-order valence-corrected chi connectivity index (χ1v) is 15.7. The molecule has 220 valence electrons. The van der Waals surface area contributed by atoms with E-state index < -0.39 is 28.5 Å². The highest BCUT2D eigenvalue weighted by atomic mass is 35.5. The largest absolute Gasteiger partial charge is 0.354 e. The fourth-order valence-corrected chi connectivity index (χ4v) is 6.26. The van der Waals surface area contributed by atoms with E-state index in [0.717, 1.165) is 21.0 Å². The van der Waals surface area contributed by atoms with Gasteiger partial charge in [-0.05, 0) is 56.0 Å². The molecule has 0 saturated heterocycles. The normalized spacial score (nSPS) is 12.2. The maximum Gasteiger partial charge on any atom is 0.264 e. The summed E-state index contributed by atoms with van der Waals surface area (Å²) < 4.78 is 29.0. The smallest absolute Gasteiger partial charge is 0.264 e. The molecule has 0 aliphatic rings. The molecule has 0 fully saturated rings.